The van der Waals surface area contributed by atoms with Crippen LogP contribution in [0.5, 0.6) is 0 Å². The van der Waals surface area contributed by atoms with Gasteiger partial charge in [0.05, 0.1) is 6.26 Å². The Balaban J connectivity index is 1.71. The van der Waals surface area contributed by atoms with Gasteiger partial charge in [-0.05, 0) is 43.0 Å². The summed E-state index contributed by atoms with van der Waals surface area (Å²) in [7, 11) is 0. The van der Waals surface area contributed by atoms with E-state index < -0.39 is 6.04 Å². The van der Waals surface area contributed by atoms with Crippen LogP contribution < -0.4 is 5.32 Å². The molecule has 31 heavy (non-hydrogen) atoms. The van der Waals surface area contributed by atoms with Crippen molar-refractivity contribution >= 4 is 11.8 Å². The molecular weight excluding hydrogens is 388 g/mol. The van der Waals surface area contributed by atoms with Gasteiger partial charge in [-0.2, -0.15) is 0 Å². The van der Waals surface area contributed by atoms with E-state index in [0.717, 1.165) is 42.4 Å². The minimum Gasteiger partial charge on any atom is -0.459 e. The van der Waals surface area contributed by atoms with E-state index in [1.165, 1.54) is 6.26 Å². The summed E-state index contributed by atoms with van der Waals surface area (Å²) in [6, 6.07) is 20.3. The minimum atomic E-state index is -0.749. The molecule has 1 unspecified atom stereocenters. The second-order valence-corrected chi connectivity index (χ2v) is 8.20. The van der Waals surface area contributed by atoms with Crippen molar-refractivity contribution in [1.29, 1.82) is 0 Å². The lowest BCUT2D eigenvalue weighted by Crippen LogP contribution is -2.45. The molecule has 2 aromatic carbocycles. The summed E-state index contributed by atoms with van der Waals surface area (Å²) < 4.78 is 5.41. The van der Waals surface area contributed by atoms with Crippen molar-refractivity contribution in [2.75, 3.05) is 0 Å². The first-order valence-electron chi connectivity index (χ1n) is 10.9. The topological polar surface area (TPSA) is 62.6 Å². The molecule has 5 heteroatoms. The molecule has 4 rings (SSSR count). The summed E-state index contributed by atoms with van der Waals surface area (Å²) >= 11 is 0. The van der Waals surface area contributed by atoms with E-state index in [1.807, 2.05) is 61.5 Å². The fourth-order valence-corrected chi connectivity index (χ4v) is 4.17. The Morgan fingerprint density at radius 3 is 2.35 bits per heavy atom. The van der Waals surface area contributed by atoms with E-state index in [2.05, 4.69) is 5.32 Å². The first kappa shape index (κ1) is 20.9. The molecule has 1 aliphatic rings. The van der Waals surface area contributed by atoms with Crippen LogP contribution >= 0.6 is 0 Å². The van der Waals surface area contributed by atoms with E-state index in [4.69, 9.17) is 4.42 Å². The zero-order chi connectivity index (χ0) is 21.6. The lowest BCUT2D eigenvalue weighted by atomic mass is 10.0. The third-order valence-electron chi connectivity index (χ3n) is 5.84. The number of nitrogens with zero attached hydrogens (tertiary/aromatic N) is 1. The maximum Gasteiger partial charge on any atom is 0.290 e. The number of hydrogen-bond acceptors (Lipinski definition) is 3. The third kappa shape index (κ3) is 5.05. The molecule has 5 nitrogen and oxygen atoms in total. The summed E-state index contributed by atoms with van der Waals surface area (Å²) in [4.78, 5) is 28.6. The number of nitrogens with one attached hydrogen (secondary N) is 1. The molecule has 2 amide bonds. The van der Waals surface area contributed by atoms with Gasteiger partial charge in [0, 0.05) is 12.6 Å². The first-order chi connectivity index (χ1) is 15.1. The summed E-state index contributed by atoms with van der Waals surface area (Å²) in [6.07, 6.45) is 5.70. The number of hydrogen-bond donors (Lipinski definition) is 1. The average Bonchev–Trinajstić information content (AvgIpc) is 3.49. The standard InChI is InChI=1S/C26H28N2O3/c1-19-13-15-20(16-14-19)18-28(26(30)23-12-7-17-31-23)24(21-8-3-2-4-9-21)25(29)27-22-10-5-6-11-22/h2-4,7-9,12-17,22,24H,5-6,10-11,18H2,1H3,(H,27,29). The fraction of sp³-hybridized carbons (Fsp3) is 0.308. The van der Waals surface area contributed by atoms with Crippen molar-refractivity contribution in [2.45, 2.75) is 51.2 Å². The number of aryl methyl sites for hydroxylation is 1. The molecule has 160 valence electrons. The van der Waals surface area contributed by atoms with Crippen LogP contribution in [-0.2, 0) is 11.3 Å². The van der Waals surface area contributed by atoms with Crippen LogP contribution in [0.4, 0.5) is 0 Å². The number of benzene rings is 2. The SMILES string of the molecule is Cc1ccc(CN(C(=O)c2ccco2)C(C(=O)NC2CCCC2)c2ccccc2)cc1. The van der Waals surface area contributed by atoms with Crippen molar-refractivity contribution < 1.29 is 14.0 Å². The van der Waals surface area contributed by atoms with Gasteiger partial charge >= 0.3 is 0 Å². The predicted molar refractivity (Wildman–Crippen MR) is 119 cm³/mol. The van der Waals surface area contributed by atoms with Crippen LogP contribution in [0.15, 0.2) is 77.4 Å². The maximum atomic E-state index is 13.5. The Morgan fingerprint density at radius 2 is 1.71 bits per heavy atom. The quantitative estimate of drug-likeness (QED) is 0.588. The average molecular weight is 417 g/mol. The van der Waals surface area contributed by atoms with Crippen LogP contribution in [0, 0.1) is 6.92 Å². The summed E-state index contributed by atoms with van der Waals surface area (Å²) in [5.41, 5.74) is 2.89. The normalized spacial score (nSPS) is 14.9. The van der Waals surface area contributed by atoms with Crippen molar-refractivity contribution in [3.8, 4) is 0 Å². The summed E-state index contributed by atoms with van der Waals surface area (Å²) in [5.74, 6) is -0.229. The van der Waals surface area contributed by atoms with Crippen LogP contribution in [-0.4, -0.2) is 22.8 Å². The number of amides is 2. The van der Waals surface area contributed by atoms with Gasteiger partial charge in [-0.15, -0.1) is 0 Å². The van der Waals surface area contributed by atoms with Crippen LogP contribution in [0.3, 0.4) is 0 Å². The molecule has 0 bridgehead atoms. The monoisotopic (exact) mass is 416 g/mol. The van der Waals surface area contributed by atoms with Crippen LogP contribution in [0.25, 0.3) is 0 Å². The Morgan fingerprint density at radius 1 is 1.00 bits per heavy atom. The van der Waals surface area contributed by atoms with Gasteiger partial charge in [-0.25, -0.2) is 0 Å². The zero-order valence-corrected chi connectivity index (χ0v) is 17.8. The van der Waals surface area contributed by atoms with Gasteiger partial charge in [-0.3, -0.25) is 9.59 Å². The highest BCUT2D eigenvalue weighted by molar-refractivity contribution is 5.96. The Labute approximate surface area is 183 Å². The van der Waals surface area contributed by atoms with E-state index >= 15 is 0 Å². The molecule has 0 saturated heterocycles. The molecule has 1 saturated carbocycles. The zero-order valence-electron chi connectivity index (χ0n) is 17.8. The molecule has 0 spiro atoms. The fourth-order valence-electron chi connectivity index (χ4n) is 4.17. The molecule has 1 fully saturated rings. The molecule has 1 aliphatic carbocycles. The smallest absolute Gasteiger partial charge is 0.290 e. The lowest BCUT2D eigenvalue weighted by Gasteiger charge is -2.32. The molecular formula is C26H28N2O3. The van der Waals surface area contributed by atoms with Crippen LogP contribution in [0.1, 0.15) is 59.0 Å². The molecule has 1 heterocycles. The Bertz CT molecular complexity index is 991. The first-order valence-corrected chi connectivity index (χ1v) is 10.9. The van der Waals surface area contributed by atoms with Crippen molar-refractivity contribution in [3.63, 3.8) is 0 Å². The molecule has 0 radical (unpaired) electrons. The molecule has 1 atom stereocenters. The molecule has 3 aromatic rings. The highest BCUT2D eigenvalue weighted by Crippen LogP contribution is 2.27. The third-order valence-corrected chi connectivity index (χ3v) is 5.84. The van der Waals surface area contributed by atoms with Crippen LogP contribution in [0.2, 0.25) is 0 Å². The summed E-state index contributed by atoms with van der Waals surface area (Å²) in [6.45, 7) is 2.33. The highest BCUT2D eigenvalue weighted by atomic mass is 16.3. The number of carbonyl (C=O) groups excluding carboxylic acids is 2. The summed E-state index contributed by atoms with van der Waals surface area (Å²) in [5, 5.41) is 3.19. The van der Waals surface area contributed by atoms with E-state index in [1.54, 1.807) is 17.0 Å². The van der Waals surface area contributed by atoms with Gasteiger partial charge in [0.2, 0.25) is 5.91 Å². The number of carbonyl (C=O) groups is 2. The van der Waals surface area contributed by atoms with Gasteiger partial charge in [0.25, 0.3) is 5.91 Å². The molecule has 0 aliphatic heterocycles. The van der Waals surface area contributed by atoms with Gasteiger partial charge in [-0.1, -0.05) is 73.0 Å². The molecule has 1 aromatic heterocycles. The number of rotatable bonds is 7. The van der Waals surface area contributed by atoms with Gasteiger partial charge in [0.15, 0.2) is 5.76 Å². The Kier molecular flexibility index (Phi) is 6.51. The number of furan rings is 1. The van der Waals surface area contributed by atoms with E-state index in [0.29, 0.717) is 6.54 Å². The highest BCUT2D eigenvalue weighted by Gasteiger charge is 2.34. The molecule has 1 N–H and O–H groups in total. The van der Waals surface area contributed by atoms with Crippen molar-refractivity contribution in [1.82, 2.24) is 10.2 Å². The largest absolute Gasteiger partial charge is 0.459 e. The Hall–Kier alpha value is -3.34. The van der Waals surface area contributed by atoms with E-state index in [9.17, 15) is 9.59 Å². The minimum absolute atomic E-state index is 0.148. The van der Waals surface area contributed by atoms with E-state index in [-0.39, 0.29) is 23.6 Å². The second-order valence-electron chi connectivity index (χ2n) is 8.20. The van der Waals surface area contributed by atoms with Gasteiger partial charge < -0.3 is 14.6 Å². The predicted octanol–water partition coefficient (Wildman–Crippen LogP) is 5.03. The van der Waals surface area contributed by atoms with Crippen molar-refractivity contribution in [2.24, 2.45) is 0 Å². The van der Waals surface area contributed by atoms with Crippen molar-refractivity contribution in [3.05, 3.63) is 95.4 Å². The second kappa shape index (κ2) is 9.65. The lowest BCUT2D eigenvalue weighted by molar-refractivity contribution is -0.126. The van der Waals surface area contributed by atoms with Gasteiger partial charge in [0.1, 0.15) is 6.04 Å². The maximum absolute atomic E-state index is 13.5.